The minimum absolute atomic E-state index is 0.125. The van der Waals surface area contributed by atoms with E-state index >= 15 is 0 Å². The summed E-state index contributed by atoms with van der Waals surface area (Å²) in [4.78, 5) is 25.6. The van der Waals surface area contributed by atoms with Crippen molar-refractivity contribution in [2.75, 3.05) is 19.6 Å². The third kappa shape index (κ3) is 4.36. The van der Waals surface area contributed by atoms with Crippen LogP contribution in [-0.2, 0) is 4.79 Å². The summed E-state index contributed by atoms with van der Waals surface area (Å²) in [6.45, 7) is 2.59. The van der Waals surface area contributed by atoms with Gasteiger partial charge in [0, 0.05) is 10.4 Å². The van der Waals surface area contributed by atoms with E-state index in [-0.39, 0.29) is 11.8 Å². The highest BCUT2D eigenvalue weighted by atomic mass is 79.9. The summed E-state index contributed by atoms with van der Waals surface area (Å²) in [5.41, 5.74) is 5.56. The number of nitrogens with one attached hydrogen (secondary N) is 3. The molecule has 3 rings (SSSR count). The number of fused-ring (bicyclic) bond motifs is 1. The van der Waals surface area contributed by atoms with Crippen molar-refractivity contribution in [2.24, 2.45) is 11.8 Å². The van der Waals surface area contributed by atoms with Gasteiger partial charge in [0.15, 0.2) is 6.54 Å². The summed E-state index contributed by atoms with van der Waals surface area (Å²) in [6.07, 6.45) is 6.62. The molecule has 0 radical (unpaired) electrons. The van der Waals surface area contributed by atoms with Gasteiger partial charge in [-0.15, -0.1) is 0 Å². The van der Waals surface area contributed by atoms with Gasteiger partial charge < -0.3 is 4.90 Å². The number of hydrazine groups is 1. The van der Waals surface area contributed by atoms with E-state index in [1.54, 1.807) is 18.2 Å². The van der Waals surface area contributed by atoms with E-state index in [0.717, 1.165) is 24.9 Å². The lowest BCUT2D eigenvalue weighted by atomic mass is 9.75. The van der Waals surface area contributed by atoms with Gasteiger partial charge in [-0.05, 0) is 53.2 Å². The fourth-order valence-corrected chi connectivity index (χ4v) is 4.53. The van der Waals surface area contributed by atoms with Crippen molar-refractivity contribution >= 4 is 27.7 Å². The predicted molar refractivity (Wildman–Crippen MR) is 95.4 cm³/mol. The minimum atomic E-state index is -0.309. The number of hydrogen-bond donors (Lipinski definition) is 3. The Balaban J connectivity index is 1.44. The highest BCUT2D eigenvalue weighted by Crippen LogP contribution is 2.32. The average Bonchev–Trinajstić information content (AvgIpc) is 2.60. The molecule has 1 saturated heterocycles. The molecule has 2 fully saturated rings. The normalized spacial score (nSPS) is 26.3. The topological polar surface area (TPSA) is 62.6 Å². The number of quaternary nitrogens is 1. The van der Waals surface area contributed by atoms with Gasteiger partial charge in [-0.3, -0.25) is 20.4 Å². The molecule has 6 heteroatoms. The number of carbonyl (C=O) groups is 2. The van der Waals surface area contributed by atoms with E-state index in [4.69, 9.17) is 0 Å². The number of piperidine rings is 1. The van der Waals surface area contributed by atoms with E-state index in [2.05, 4.69) is 26.8 Å². The van der Waals surface area contributed by atoms with E-state index in [9.17, 15) is 9.59 Å². The first kappa shape index (κ1) is 17.4. The lowest BCUT2D eigenvalue weighted by molar-refractivity contribution is -0.902. The van der Waals surface area contributed by atoms with Crippen LogP contribution in [0.1, 0.15) is 42.5 Å². The second-order valence-corrected chi connectivity index (χ2v) is 7.81. The summed E-state index contributed by atoms with van der Waals surface area (Å²) in [5, 5.41) is 0. The molecule has 1 saturated carbocycles. The van der Waals surface area contributed by atoms with Crippen LogP contribution in [0.2, 0.25) is 0 Å². The monoisotopic (exact) mass is 394 g/mol. The second kappa shape index (κ2) is 8.12. The lowest BCUT2D eigenvalue weighted by Gasteiger charge is -2.38. The predicted octanol–water partition coefficient (Wildman–Crippen LogP) is 1.31. The molecular weight excluding hydrogens is 370 g/mol. The molecule has 1 aromatic rings. The summed E-state index contributed by atoms with van der Waals surface area (Å²) in [5.74, 6) is 1.22. The molecule has 2 aliphatic rings. The SMILES string of the molecule is O=C(C[NH+]1CC[C@@H]2CCCC[C@@H]2C1)NNC(=O)c1ccccc1Br. The van der Waals surface area contributed by atoms with Crippen LogP contribution in [0.5, 0.6) is 0 Å². The third-order valence-electron chi connectivity index (χ3n) is 5.33. The Labute approximate surface area is 151 Å². The zero-order valence-electron chi connectivity index (χ0n) is 13.8. The van der Waals surface area contributed by atoms with Crippen molar-refractivity contribution in [3.63, 3.8) is 0 Å². The number of benzene rings is 1. The van der Waals surface area contributed by atoms with Crippen LogP contribution in [0, 0.1) is 11.8 Å². The van der Waals surface area contributed by atoms with Crippen LogP contribution in [0.15, 0.2) is 28.7 Å². The molecule has 1 aliphatic carbocycles. The fourth-order valence-electron chi connectivity index (χ4n) is 4.07. The molecule has 3 N–H and O–H groups in total. The number of carbonyl (C=O) groups excluding carboxylic acids is 2. The van der Waals surface area contributed by atoms with E-state index in [1.165, 1.54) is 37.0 Å². The van der Waals surface area contributed by atoms with Crippen molar-refractivity contribution in [1.82, 2.24) is 10.9 Å². The molecule has 3 atom stereocenters. The molecule has 2 amide bonds. The van der Waals surface area contributed by atoms with Crippen LogP contribution in [-0.4, -0.2) is 31.4 Å². The highest BCUT2D eigenvalue weighted by molar-refractivity contribution is 9.10. The molecule has 0 aromatic heterocycles. The first-order valence-corrected chi connectivity index (χ1v) is 9.60. The van der Waals surface area contributed by atoms with Crippen LogP contribution in [0.25, 0.3) is 0 Å². The van der Waals surface area contributed by atoms with E-state index in [1.807, 2.05) is 6.07 Å². The fraction of sp³-hybridized carbons (Fsp3) is 0.556. The molecule has 5 nitrogen and oxygen atoms in total. The largest absolute Gasteiger partial charge is 0.327 e. The van der Waals surface area contributed by atoms with Crippen molar-refractivity contribution in [1.29, 1.82) is 0 Å². The van der Waals surface area contributed by atoms with Gasteiger partial charge in [-0.2, -0.15) is 0 Å². The maximum atomic E-state index is 12.1. The summed E-state index contributed by atoms with van der Waals surface area (Å²) >= 11 is 3.34. The Morgan fingerprint density at radius 3 is 2.62 bits per heavy atom. The molecular formula is C18H25BrN3O2+. The van der Waals surface area contributed by atoms with Crippen LogP contribution in [0.4, 0.5) is 0 Å². The van der Waals surface area contributed by atoms with Gasteiger partial charge in [-0.25, -0.2) is 0 Å². The second-order valence-electron chi connectivity index (χ2n) is 6.96. The molecule has 1 aliphatic heterocycles. The molecule has 130 valence electrons. The number of likely N-dealkylation sites (tertiary alicyclic amines) is 1. The van der Waals surface area contributed by atoms with E-state index < -0.39 is 0 Å². The summed E-state index contributed by atoms with van der Waals surface area (Å²) in [7, 11) is 0. The van der Waals surface area contributed by atoms with Crippen molar-refractivity contribution in [2.45, 2.75) is 32.1 Å². The Kier molecular flexibility index (Phi) is 5.89. The van der Waals surface area contributed by atoms with Gasteiger partial charge in [0.25, 0.3) is 11.8 Å². The van der Waals surface area contributed by atoms with Gasteiger partial charge in [0.1, 0.15) is 0 Å². The molecule has 1 heterocycles. The number of hydrogen-bond acceptors (Lipinski definition) is 2. The molecule has 1 unspecified atom stereocenters. The van der Waals surface area contributed by atoms with Crippen LogP contribution in [0.3, 0.4) is 0 Å². The summed E-state index contributed by atoms with van der Waals surface area (Å²) < 4.78 is 0.710. The standard InChI is InChI=1S/C18H24BrN3O2/c19-16-8-4-3-7-15(16)18(24)21-20-17(23)12-22-10-9-13-5-1-2-6-14(13)11-22/h3-4,7-8,13-14H,1-2,5-6,9-12H2,(H,20,23)(H,21,24)/p+1/t13-,14+/m0/s1. The minimum Gasteiger partial charge on any atom is -0.327 e. The Bertz CT molecular complexity index is 608. The maximum Gasteiger partial charge on any atom is 0.293 e. The molecule has 24 heavy (non-hydrogen) atoms. The maximum absolute atomic E-state index is 12.1. The quantitative estimate of drug-likeness (QED) is 0.676. The Morgan fingerprint density at radius 2 is 1.83 bits per heavy atom. The van der Waals surface area contributed by atoms with Crippen molar-refractivity contribution in [3.05, 3.63) is 34.3 Å². The average molecular weight is 395 g/mol. The molecule has 1 aromatic carbocycles. The third-order valence-corrected chi connectivity index (χ3v) is 6.02. The highest BCUT2D eigenvalue weighted by Gasteiger charge is 2.34. The number of halogens is 1. The van der Waals surface area contributed by atoms with Crippen molar-refractivity contribution in [3.8, 4) is 0 Å². The van der Waals surface area contributed by atoms with E-state index in [0.29, 0.717) is 16.6 Å². The van der Waals surface area contributed by atoms with Gasteiger partial charge >= 0.3 is 0 Å². The van der Waals surface area contributed by atoms with Crippen molar-refractivity contribution < 1.29 is 14.5 Å². The van der Waals surface area contributed by atoms with Crippen LogP contribution >= 0.6 is 15.9 Å². The Morgan fingerprint density at radius 1 is 1.08 bits per heavy atom. The number of rotatable bonds is 3. The lowest BCUT2D eigenvalue weighted by Crippen LogP contribution is -3.15. The number of amides is 2. The summed E-state index contributed by atoms with van der Waals surface area (Å²) in [6, 6.07) is 7.15. The first-order valence-electron chi connectivity index (χ1n) is 8.81. The molecule has 0 bridgehead atoms. The zero-order valence-corrected chi connectivity index (χ0v) is 15.4. The molecule has 0 spiro atoms. The zero-order chi connectivity index (χ0) is 16.9. The van der Waals surface area contributed by atoms with Gasteiger partial charge in [-0.1, -0.05) is 25.0 Å². The van der Waals surface area contributed by atoms with Gasteiger partial charge in [0.2, 0.25) is 0 Å². The van der Waals surface area contributed by atoms with Gasteiger partial charge in [0.05, 0.1) is 18.7 Å². The first-order chi connectivity index (χ1) is 11.6. The Hall–Kier alpha value is -1.40. The van der Waals surface area contributed by atoms with Crippen LogP contribution < -0.4 is 15.8 Å². The smallest absolute Gasteiger partial charge is 0.293 e.